The predicted molar refractivity (Wildman–Crippen MR) is 117 cm³/mol. The molecule has 0 radical (unpaired) electrons. The zero-order chi connectivity index (χ0) is 22.0. The van der Waals surface area contributed by atoms with Gasteiger partial charge in [0, 0.05) is 12.6 Å². The van der Waals surface area contributed by atoms with Gasteiger partial charge >= 0.3 is 5.97 Å². The second-order valence-corrected chi connectivity index (χ2v) is 7.93. The van der Waals surface area contributed by atoms with Crippen LogP contribution in [-0.4, -0.2) is 51.2 Å². The average molecular weight is 422 g/mol. The standard InChI is InChI=1S/C24H26N2O5/c1-26(22(27)16-10-11-18(23(28)30-3)20(14-16)29-2)19-9-5-4-8-17(19)21-25-24(15-31-21)12-6-7-13-24/h4-5,8-11,14H,6-7,12-13,15H2,1-3H3. The van der Waals surface area contributed by atoms with E-state index in [4.69, 9.17) is 19.2 Å². The molecule has 0 aromatic heterocycles. The lowest BCUT2D eigenvalue weighted by Gasteiger charge is -2.21. The summed E-state index contributed by atoms with van der Waals surface area (Å²) in [6.07, 6.45) is 4.42. The van der Waals surface area contributed by atoms with Crippen LogP contribution in [0, 0.1) is 0 Å². The first-order valence-corrected chi connectivity index (χ1v) is 10.3. The number of hydrogen-bond acceptors (Lipinski definition) is 6. The molecule has 1 aliphatic carbocycles. The van der Waals surface area contributed by atoms with Crippen molar-refractivity contribution in [3.63, 3.8) is 0 Å². The molecule has 0 unspecified atom stereocenters. The molecule has 0 atom stereocenters. The lowest BCUT2D eigenvalue weighted by molar-refractivity contribution is 0.0596. The zero-order valence-corrected chi connectivity index (χ0v) is 18.0. The molecule has 162 valence electrons. The van der Waals surface area contributed by atoms with Gasteiger partial charge in [0.15, 0.2) is 0 Å². The molecular formula is C24H26N2O5. The van der Waals surface area contributed by atoms with E-state index in [2.05, 4.69) is 0 Å². The lowest BCUT2D eigenvalue weighted by Crippen LogP contribution is -2.28. The molecule has 1 aliphatic heterocycles. The molecule has 1 fully saturated rings. The Labute approximate surface area is 181 Å². The number of para-hydroxylation sites is 1. The van der Waals surface area contributed by atoms with Crippen molar-refractivity contribution in [2.45, 2.75) is 31.2 Å². The molecular weight excluding hydrogens is 396 g/mol. The number of hydrogen-bond donors (Lipinski definition) is 0. The molecule has 0 N–H and O–H groups in total. The van der Waals surface area contributed by atoms with Crippen molar-refractivity contribution in [3.05, 3.63) is 59.2 Å². The van der Waals surface area contributed by atoms with Gasteiger partial charge in [-0.05, 0) is 43.2 Å². The Kier molecular flexibility index (Phi) is 5.67. The fourth-order valence-corrected chi connectivity index (χ4v) is 4.26. The van der Waals surface area contributed by atoms with E-state index in [1.807, 2.05) is 24.3 Å². The number of ether oxygens (including phenoxy) is 3. The minimum atomic E-state index is -0.521. The fraction of sp³-hybridized carbons (Fsp3) is 0.375. The Hall–Kier alpha value is -3.35. The first kappa shape index (κ1) is 20.9. The van der Waals surface area contributed by atoms with E-state index in [1.54, 1.807) is 24.1 Å². The van der Waals surface area contributed by atoms with E-state index in [1.165, 1.54) is 33.1 Å². The number of rotatable bonds is 5. The summed E-state index contributed by atoms with van der Waals surface area (Å²) in [6.45, 7) is 0.598. The summed E-state index contributed by atoms with van der Waals surface area (Å²) in [4.78, 5) is 31.6. The lowest BCUT2D eigenvalue weighted by atomic mass is 10.0. The van der Waals surface area contributed by atoms with Gasteiger partial charge < -0.3 is 19.1 Å². The number of esters is 1. The van der Waals surface area contributed by atoms with Gasteiger partial charge in [0.05, 0.1) is 31.0 Å². The molecule has 2 aromatic carbocycles. The first-order valence-electron chi connectivity index (χ1n) is 10.3. The number of anilines is 1. The van der Waals surface area contributed by atoms with Crippen molar-refractivity contribution >= 4 is 23.5 Å². The smallest absolute Gasteiger partial charge is 0.341 e. The minimum Gasteiger partial charge on any atom is -0.496 e. The second-order valence-electron chi connectivity index (χ2n) is 7.93. The third-order valence-corrected chi connectivity index (χ3v) is 6.00. The summed E-state index contributed by atoms with van der Waals surface area (Å²) in [5, 5.41) is 0. The van der Waals surface area contributed by atoms with Crippen LogP contribution in [0.15, 0.2) is 47.5 Å². The summed E-state index contributed by atoms with van der Waals surface area (Å²) >= 11 is 0. The Morgan fingerprint density at radius 3 is 2.55 bits per heavy atom. The van der Waals surface area contributed by atoms with Crippen LogP contribution in [0.2, 0.25) is 0 Å². The minimum absolute atomic E-state index is 0.109. The third-order valence-electron chi connectivity index (χ3n) is 6.00. The molecule has 0 saturated heterocycles. The van der Waals surface area contributed by atoms with Gasteiger partial charge in [0.1, 0.15) is 17.9 Å². The van der Waals surface area contributed by atoms with Crippen LogP contribution in [0.4, 0.5) is 5.69 Å². The van der Waals surface area contributed by atoms with Crippen LogP contribution in [0.1, 0.15) is 52.0 Å². The highest BCUT2D eigenvalue weighted by atomic mass is 16.5. The van der Waals surface area contributed by atoms with Gasteiger partial charge in [-0.3, -0.25) is 4.79 Å². The summed E-state index contributed by atoms with van der Waals surface area (Å²) in [7, 11) is 4.46. The monoisotopic (exact) mass is 422 g/mol. The summed E-state index contributed by atoms with van der Waals surface area (Å²) in [6, 6.07) is 12.3. The first-order chi connectivity index (χ1) is 15.0. The molecule has 1 saturated carbocycles. The fourth-order valence-electron chi connectivity index (χ4n) is 4.26. The molecule has 31 heavy (non-hydrogen) atoms. The maximum absolute atomic E-state index is 13.3. The average Bonchev–Trinajstić information content (AvgIpc) is 3.46. The topological polar surface area (TPSA) is 77.4 Å². The number of methoxy groups -OCH3 is 2. The Morgan fingerprint density at radius 2 is 1.84 bits per heavy atom. The summed E-state index contributed by atoms with van der Waals surface area (Å²) in [5.41, 5.74) is 2.04. The van der Waals surface area contributed by atoms with Gasteiger partial charge in [-0.15, -0.1) is 0 Å². The molecule has 1 spiro atoms. The number of amides is 1. The number of aliphatic imine (C=N–C) groups is 1. The maximum Gasteiger partial charge on any atom is 0.341 e. The van der Waals surface area contributed by atoms with Crippen molar-refractivity contribution in [3.8, 4) is 5.75 Å². The molecule has 1 heterocycles. The quantitative estimate of drug-likeness (QED) is 0.684. The van der Waals surface area contributed by atoms with Gasteiger partial charge in [-0.25, -0.2) is 9.79 Å². The SMILES string of the molecule is COC(=O)c1ccc(C(=O)N(C)c2ccccc2C2=NC3(CCCC3)CO2)cc1OC. The number of carbonyl (C=O) groups excluding carboxylic acids is 2. The summed E-state index contributed by atoms with van der Waals surface area (Å²) < 4.78 is 16.0. The Morgan fingerprint density at radius 1 is 1.10 bits per heavy atom. The highest BCUT2D eigenvalue weighted by Crippen LogP contribution is 2.38. The molecule has 0 bridgehead atoms. The van der Waals surface area contributed by atoms with E-state index in [0.717, 1.165) is 18.4 Å². The molecule has 4 rings (SSSR count). The highest BCUT2D eigenvalue weighted by Gasteiger charge is 2.40. The van der Waals surface area contributed by atoms with Crippen LogP contribution in [0.3, 0.4) is 0 Å². The van der Waals surface area contributed by atoms with E-state index in [-0.39, 0.29) is 22.8 Å². The third kappa shape index (κ3) is 3.87. The van der Waals surface area contributed by atoms with Crippen LogP contribution >= 0.6 is 0 Å². The zero-order valence-electron chi connectivity index (χ0n) is 18.0. The van der Waals surface area contributed by atoms with E-state index < -0.39 is 5.97 Å². The van der Waals surface area contributed by atoms with Crippen molar-refractivity contribution < 1.29 is 23.8 Å². The van der Waals surface area contributed by atoms with Crippen molar-refractivity contribution in [2.24, 2.45) is 4.99 Å². The van der Waals surface area contributed by atoms with Crippen LogP contribution in [0.5, 0.6) is 5.75 Å². The molecule has 7 heteroatoms. The van der Waals surface area contributed by atoms with Crippen LogP contribution in [-0.2, 0) is 9.47 Å². The number of benzene rings is 2. The number of carbonyl (C=O) groups is 2. The second kappa shape index (κ2) is 8.41. The van der Waals surface area contributed by atoms with Gasteiger partial charge in [-0.1, -0.05) is 25.0 Å². The van der Waals surface area contributed by atoms with Crippen LogP contribution in [0.25, 0.3) is 0 Å². The molecule has 1 amide bonds. The van der Waals surface area contributed by atoms with Gasteiger partial charge in [0.25, 0.3) is 5.91 Å². The molecule has 2 aromatic rings. The van der Waals surface area contributed by atoms with Crippen molar-refractivity contribution in [1.82, 2.24) is 0 Å². The normalized spacial score (nSPS) is 16.5. The van der Waals surface area contributed by atoms with Crippen molar-refractivity contribution in [2.75, 3.05) is 32.8 Å². The van der Waals surface area contributed by atoms with Crippen molar-refractivity contribution in [1.29, 1.82) is 0 Å². The Bertz CT molecular complexity index is 1040. The maximum atomic E-state index is 13.3. The van der Waals surface area contributed by atoms with Crippen LogP contribution < -0.4 is 9.64 Å². The Balaban J connectivity index is 1.64. The predicted octanol–water partition coefficient (Wildman–Crippen LogP) is 3.85. The van der Waals surface area contributed by atoms with E-state index in [9.17, 15) is 9.59 Å². The largest absolute Gasteiger partial charge is 0.496 e. The molecule has 2 aliphatic rings. The van der Waals surface area contributed by atoms with Gasteiger partial charge in [0.2, 0.25) is 5.90 Å². The van der Waals surface area contributed by atoms with E-state index >= 15 is 0 Å². The van der Waals surface area contributed by atoms with Gasteiger partial charge in [-0.2, -0.15) is 0 Å². The number of nitrogens with zero attached hydrogens (tertiary/aromatic N) is 2. The molecule has 7 nitrogen and oxygen atoms in total. The highest BCUT2D eigenvalue weighted by molar-refractivity contribution is 6.11. The van der Waals surface area contributed by atoms with E-state index in [0.29, 0.717) is 23.8 Å². The summed E-state index contributed by atoms with van der Waals surface area (Å²) in [5.74, 6) is 0.116.